The molecule has 0 bridgehead atoms. The zero-order valence-corrected chi connectivity index (χ0v) is 11.4. The monoisotopic (exact) mass is 287 g/mol. The van der Waals surface area contributed by atoms with Crippen LogP contribution in [0, 0.1) is 0 Å². The van der Waals surface area contributed by atoms with Crippen molar-refractivity contribution in [3.63, 3.8) is 0 Å². The van der Waals surface area contributed by atoms with E-state index in [1.165, 1.54) is 0 Å². The lowest BCUT2D eigenvalue weighted by Gasteiger charge is -2.03. The summed E-state index contributed by atoms with van der Waals surface area (Å²) in [6.07, 6.45) is 5.20. The van der Waals surface area contributed by atoms with E-state index in [1.54, 1.807) is 4.68 Å². The van der Waals surface area contributed by atoms with Crippen LogP contribution in [-0.4, -0.2) is 21.0 Å². The summed E-state index contributed by atoms with van der Waals surface area (Å²) in [5.74, 6) is 0.0728. The lowest BCUT2D eigenvalue weighted by Crippen LogP contribution is -2.11. The molecule has 0 aromatic carbocycles. The van der Waals surface area contributed by atoms with Crippen LogP contribution in [0.1, 0.15) is 31.9 Å². The SMILES string of the molecule is CCc1nn(C)cc1NC(=O)CCCCBr. The van der Waals surface area contributed by atoms with E-state index in [4.69, 9.17) is 0 Å². The molecule has 5 heteroatoms. The third-order valence-corrected chi connectivity index (χ3v) is 2.86. The Kier molecular flexibility index (Phi) is 5.52. The van der Waals surface area contributed by atoms with Crippen LogP contribution in [0.15, 0.2) is 6.20 Å². The van der Waals surface area contributed by atoms with Crippen molar-refractivity contribution in [2.45, 2.75) is 32.6 Å². The van der Waals surface area contributed by atoms with Gasteiger partial charge in [0.2, 0.25) is 5.91 Å². The number of hydrogen-bond acceptors (Lipinski definition) is 2. The van der Waals surface area contributed by atoms with Crippen molar-refractivity contribution >= 4 is 27.5 Å². The lowest BCUT2D eigenvalue weighted by molar-refractivity contribution is -0.116. The van der Waals surface area contributed by atoms with E-state index < -0.39 is 0 Å². The molecule has 16 heavy (non-hydrogen) atoms. The number of anilines is 1. The Morgan fingerprint density at radius 3 is 2.94 bits per heavy atom. The van der Waals surface area contributed by atoms with Crippen molar-refractivity contribution < 1.29 is 4.79 Å². The second-order valence-corrected chi connectivity index (χ2v) is 4.50. The van der Waals surface area contributed by atoms with Gasteiger partial charge >= 0.3 is 0 Å². The van der Waals surface area contributed by atoms with Gasteiger partial charge in [0.25, 0.3) is 0 Å². The van der Waals surface area contributed by atoms with Crippen LogP contribution in [-0.2, 0) is 18.3 Å². The number of nitrogens with one attached hydrogen (secondary N) is 1. The van der Waals surface area contributed by atoms with E-state index in [0.717, 1.165) is 36.0 Å². The molecule has 1 N–H and O–H groups in total. The second-order valence-electron chi connectivity index (χ2n) is 3.71. The molecule has 1 heterocycles. The van der Waals surface area contributed by atoms with Gasteiger partial charge in [0, 0.05) is 25.0 Å². The Balaban J connectivity index is 2.48. The molecule has 0 fully saturated rings. The molecule has 0 spiro atoms. The fourth-order valence-electron chi connectivity index (χ4n) is 1.49. The maximum Gasteiger partial charge on any atom is 0.224 e. The summed E-state index contributed by atoms with van der Waals surface area (Å²) in [7, 11) is 1.86. The molecule has 90 valence electrons. The fourth-order valence-corrected chi connectivity index (χ4v) is 1.89. The van der Waals surface area contributed by atoms with Crippen molar-refractivity contribution in [3.05, 3.63) is 11.9 Å². The molecule has 0 unspecified atom stereocenters. The molecule has 1 rings (SSSR count). The number of aromatic nitrogens is 2. The number of nitrogens with zero attached hydrogens (tertiary/aromatic N) is 2. The van der Waals surface area contributed by atoms with Gasteiger partial charge < -0.3 is 5.32 Å². The van der Waals surface area contributed by atoms with Gasteiger partial charge in [-0.2, -0.15) is 5.10 Å². The van der Waals surface area contributed by atoms with Gasteiger partial charge in [-0.25, -0.2) is 0 Å². The molecule has 4 nitrogen and oxygen atoms in total. The molecule has 0 radical (unpaired) electrons. The Hall–Kier alpha value is -0.840. The number of unbranched alkanes of at least 4 members (excludes halogenated alkanes) is 1. The van der Waals surface area contributed by atoms with Crippen LogP contribution in [0.5, 0.6) is 0 Å². The molecular weight excluding hydrogens is 270 g/mol. The third-order valence-electron chi connectivity index (χ3n) is 2.30. The van der Waals surface area contributed by atoms with Gasteiger partial charge in [-0.1, -0.05) is 22.9 Å². The summed E-state index contributed by atoms with van der Waals surface area (Å²) in [4.78, 5) is 11.6. The first-order valence-electron chi connectivity index (χ1n) is 5.55. The van der Waals surface area contributed by atoms with E-state index in [-0.39, 0.29) is 5.91 Å². The van der Waals surface area contributed by atoms with Gasteiger partial charge in [0.05, 0.1) is 11.4 Å². The number of hydrogen-bond donors (Lipinski definition) is 1. The van der Waals surface area contributed by atoms with Crippen LogP contribution in [0.25, 0.3) is 0 Å². The predicted octanol–water partition coefficient (Wildman–Crippen LogP) is 2.49. The summed E-state index contributed by atoms with van der Waals surface area (Å²) in [6, 6.07) is 0. The highest BCUT2D eigenvalue weighted by molar-refractivity contribution is 9.09. The highest BCUT2D eigenvalue weighted by atomic mass is 79.9. The largest absolute Gasteiger partial charge is 0.323 e. The average Bonchev–Trinajstić information content (AvgIpc) is 2.59. The molecule has 0 saturated carbocycles. The number of alkyl halides is 1. The molecule has 1 amide bonds. The lowest BCUT2D eigenvalue weighted by atomic mass is 10.2. The van der Waals surface area contributed by atoms with Gasteiger partial charge in [-0.05, 0) is 19.3 Å². The Bertz CT molecular complexity index is 349. The van der Waals surface area contributed by atoms with Crippen LogP contribution in [0.2, 0.25) is 0 Å². The minimum Gasteiger partial charge on any atom is -0.323 e. The summed E-state index contributed by atoms with van der Waals surface area (Å²) >= 11 is 3.35. The minimum atomic E-state index is 0.0728. The predicted molar refractivity (Wildman–Crippen MR) is 68.9 cm³/mol. The van der Waals surface area contributed by atoms with E-state index in [0.29, 0.717) is 6.42 Å². The molecule has 0 aliphatic carbocycles. The van der Waals surface area contributed by atoms with Gasteiger partial charge in [0.1, 0.15) is 0 Å². The molecule has 0 aliphatic heterocycles. The Morgan fingerprint density at radius 2 is 2.31 bits per heavy atom. The first-order chi connectivity index (χ1) is 7.67. The Labute approximate surface area is 105 Å². The third kappa shape index (κ3) is 3.96. The van der Waals surface area contributed by atoms with Crippen LogP contribution >= 0.6 is 15.9 Å². The minimum absolute atomic E-state index is 0.0728. The normalized spacial score (nSPS) is 10.4. The van der Waals surface area contributed by atoms with Crippen molar-refractivity contribution in [1.82, 2.24) is 9.78 Å². The molecule has 1 aromatic rings. The van der Waals surface area contributed by atoms with Gasteiger partial charge in [0.15, 0.2) is 0 Å². The zero-order valence-electron chi connectivity index (χ0n) is 9.79. The average molecular weight is 288 g/mol. The van der Waals surface area contributed by atoms with E-state index in [9.17, 15) is 4.79 Å². The highest BCUT2D eigenvalue weighted by Gasteiger charge is 2.08. The number of amides is 1. The molecule has 0 atom stereocenters. The zero-order chi connectivity index (χ0) is 12.0. The van der Waals surface area contributed by atoms with Crippen molar-refractivity contribution in [1.29, 1.82) is 0 Å². The number of aryl methyl sites for hydroxylation is 2. The quantitative estimate of drug-likeness (QED) is 0.645. The first-order valence-corrected chi connectivity index (χ1v) is 6.67. The molecule has 0 saturated heterocycles. The summed E-state index contributed by atoms with van der Waals surface area (Å²) in [6.45, 7) is 2.03. The fraction of sp³-hybridized carbons (Fsp3) is 0.636. The maximum atomic E-state index is 11.6. The molecular formula is C11H18BrN3O. The smallest absolute Gasteiger partial charge is 0.224 e. The van der Waals surface area contributed by atoms with Crippen LogP contribution in [0.3, 0.4) is 0 Å². The Morgan fingerprint density at radius 1 is 1.56 bits per heavy atom. The highest BCUT2D eigenvalue weighted by Crippen LogP contribution is 2.14. The number of carbonyl (C=O) groups is 1. The standard InChI is InChI=1S/C11H18BrN3O/c1-3-9-10(8-15(2)14-9)13-11(16)6-4-5-7-12/h8H,3-7H2,1-2H3,(H,13,16). The number of halogens is 1. The van der Waals surface area contributed by atoms with E-state index in [1.807, 2.05) is 20.2 Å². The molecule has 1 aromatic heterocycles. The van der Waals surface area contributed by atoms with Crippen LogP contribution in [0.4, 0.5) is 5.69 Å². The van der Waals surface area contributed by atoms with Crippen LogP contribution < -0.4 is 5.32 Å². The van der Waals surface area contributed by atoms with E-state index >= 15 is 0 Å². The second kappa shape index (κ2) is 6.68. The van der Waals surface area contributed by atoms with Gasteiger partial charge in [-0.3, -0.25) is 9.48 Å². The van der Waals surface area contributed by atoms with Crippen molar-refractivity contribution in [2.24, 2.45) is 7.05 Å². The topological polar surface area (TPSA) is 46.9 Å². The maximum absolute atomic E-state index is 11.6. The number of rotatable bonds is 6. The van der Waals surface area contributed by atoms with Crippen molar-refractivity contribution in [3.8, 4) is 0 Å². The van der Waals surface area contributed by atoms with E-state index in [2.05, 4.69) is 26.3 Å². The van der Waals surface area contributed by atoms with Gasteiger partial charge in [-0.15, -0.1) is 0 Å². The summed E-state index contributed by atoms with van der Waals surface area (Å²) in [5.41, 5.74) is 1.78. The summed E-state index contributed by atoms with van der Waals surface area (Å²) < 4.78 is 1.73. The van der Waals surface area contributed by atoms with Crippen molar-refractivity contribution in [2.75, 3.05) is 10.6 Å². The molecule has 0 aliphatic rings. The first kappa shape index (κ1) is 13.2. The number of carbonyl (C=O) groups excluding carboxylic acids is 1. The summed E-state index contributed by atoms with van der Waals surface area (Å²) in [5, 5.41) is 8.13.